The Morgan fingerprint density at radius 3 is 2.00 bits per heavy atom. The van der Waals surface area contributed by atoms with E-state index in [1.54, 1.807) is 0 Å². The lowest BCUT2D eigenvalue weighted by molar-refractivity contribution is 0.330. The average Bonchev–Trinajstić information content (AvgIpc) is 2.09. The van der Waals surface area contributed by atoms with Crippen LogP contribution >= 0.6 is 15.9 Å². The van der Waals surface area contributed by atoms with Gasteiger partial charge in [-0.15, -0.1) is 10.2 Å². The number of nitrogens with zero attached hydrogens (tertiary/aromatic N) is 4. The van der Waals surface area contributed by atoms with Crippen molar-refractivity contribution in [3.8, 4) is 0 Å². The van der Waals surface area contributed by atoms with Gasteiger partial charge in [0.2, 0.25) is 4.57 Å². The summed E-state index contributed by atoms with van der Waals surface area (Å²) < 4.78 is -0.592. The van der Waals surface area contributed by atoms with Crippen molar-refractivity contribution in [2.75, 3.05) is 0 Å². The van der Waals surface area contributed by atoms with Crippen LogP contribution in [0.4, 0.5) is 0 Å². The van der Waals surface area contributed by atoms with E-state index in [0.29, 0.717) is 0 Å². The molecule has 0 fully saturated rings. The first-order valence-electron chi connectivity index (χ1n) is 3.44. The third-order valence-electron chi connectivity index (χ3n) is 1.19. The summed E-state index contributed by atoms with van der Waals surface area (Å²) in [6.45, 7) is 6.37. The van der Waals surface area contributed by atoms with Gasteiger partial charge in [0.25, 0.3) is 0 Å². The molecule has 1 aliphatic heterocycles. The molecule has 0 amide bonds. The van der Waals surface area contributed by atoms with Crippen LogP contribution in [0.5, 0.6) is 0 Å². The molecule has 0 radical (unpaired) electrons. The molecule has 0 aromatic carbocycles. The van der Waals surface area contributed by atoms with Crippen LogP contribution in [0.3, 0.4) is 0 Å². The number of hydrogen-bond acceptors (Lipinski definition) is 4. The first-order chi connectivity index (χ1) is 4.91. The van der Waals surface area contributed by atoms with Crippen molar-refractivity contribution in [3.63, 3.8) is 0 Å². The van der Waals surface area contributed by atoms with E-state index in [1.807, 2.05) is 0 Å². The summed E-state index contributed by atoms with van der Waals surface area (Å²) in [5, 5.41) is 14.6. The molecular weight excluding hydrogens is 208 g/mol. The van der Waals surface area contributed by atoms with Gasteiger partial charge < -0.3 is 0 Å². The quantitative estimate of drug-likeness (QED) is 0.479. The molecule has 0 atom stereocenters. The molecule has 0 unspecified atom stereocenters. The minimum Gasteiger partial charge on any atom is -0.123 e. The fraction of sp³-hybridized carbons (Fsp3) is 1.00. The minimum absolute atomic E-state index is 0.172. The van der Waals surface area contributed by atoms with Crippen molar-refractivity contribution < 1.29 is 0 Å². The molecule has 5 heteroatoms. The van der Waals surface area contributed by atoms with Gasteiger partial charge in [-0.25, -0.2) is 0 Å². The Morgan fingerprint density at radius 1 is 1.18 bits per heavy atom. The van der Waals surface area contributed by atoms with Crippen molar-refractivity contribution in [2.24, 2.45) is 26.1 Å². The van der Waals surface area contributed by atoms with E-state index in [4.69, 9.17) is 0 Å². The van der Waals surface area contributed by atoms with Crippen LogP contribution in [0, 0.1) is 5.41 Å². The van der Waals surface area contributed by atoms with E-state index < -0.39 is 4.57 Å². The van der Waals surface area contributed by atoms with Crippen molar-refractivity contribution in [1.82, 2.24) is 0 Å². The van der Waals surface area contributed by atoms with E-state index in [0.717, 1.165) is 6.42 Å². The summed E-state index contributed by atoms with van der Waals surface area (Å²) in [4.78, 5) is 0. The molecule has 0 saturated carbocycles. The van der Waals surface area contributed by atoms with Crippen LogP contribution in [-0.2, 0) is 0 Å². The van der Waals surface area contributed by atoms with Crippen LogP contribution in [0.15, 0.2) is 20.7 Å². The fourth-order valence-electron chi connectivity index (χ4n) is 0.943. The second-order valence-corrected chi connectivity index (χ2v) is 5.11. The molecule has 0 spiro atoms. The van der Waals surface area contributed by atoms with Crippen molar-refractivity contribution >= 4 is 15.9 Å². The van der Waals surface area contributed by atoms with Crippen LogP contribution in [0.1, 0.15) is 27.2 Å². The van der Waals surface area contributed by atoms with E-state index in [1.165, 1.54) is 0 Å². The zero-order chi connectivity index (χ0) is 8.54. The molecule has 11 heavy (non-hydrogen) atoms. The SMILES string of the molecule is CC(C)(C)CC1(Br)N=NN=N1. The Morgan fingerprint density at radius 2 is 1.64 bits per heavy atom. The lowest BCUT2D eigenvalue weighted by Gasteiger charge is -2.23. The molecule has 0 aromatic heterocycles. The van der Waals surface area contributed by atoms with Crippen molar-refractivity contribution in [1.29, 1.82) is 0 Å². The monoisotopic (exact) mass is 218 g/mol. The Labute approximate surface area is 74.3 Å². The van der Waals surface area contributed by atoms with Crippen molar-refractivity contribution in [3.05, 3.63) is 0 Å². The molecule has 0 bridgehead atoms. The molecule has 0 N–H and O–H groups in total. The topological polar surface area (TPSA) is 49.4 Å². The van der Waals surface area contributed by atoms with E-state index in [2.05, 4.69) is 57.4 Å². The van der Waals surface area contributed by atoms with Crippen LogP contribution in [-0.4, -0.2) is 4.57 Å². The summed E-state index contributed by atoms with van der Waals surface area (Å²) >= 11 is 3.36. The predicted molar refractivity (Wildman–Crippen MR) is 45.4 cm³/mol. The van der Waals surface area contributed by atoms with Crippen LogP contribution < -0.4 is 0 Å². The molecule has 1 heterocycles. The molecular formula is C6H11BrN4. The summed E-state index contributed by atoms with van der Waals surface area (Å²) in [5.74, 6) is 0. The van der Waals surface area contributed by atoms with Gasteiger partial charge in [-0.2, -0.15) is 0 Å². The summed E-state index contributed by atoms with van der Waals surface area (Å²) in [7, 11) is 0. The Bertz CT molecular complexity index is 191. The molecule has 62 valence electrons. The standard InChI is InChI=1S/C6H11BrN4/c1-5(2,3)4-6(7)8-10-11-9-6/h4H2,1-3H3. The van der Waals surface area contributed by atoms with Gasteiger partial charge in [0.15, 0.2) is 0 Å². The number of rotatable bonds is 1. The molecule has 1 rings (SSSR count). The molecule has 0 aromatic rings. The summed E-state index contributed by atoms with van der Waals surface area (Å²) in [6, 6.07) is 0. The number of hydrogen-bond donors (Lipinski definition) is 0. The third-order valence-corrected chi connectivity index (χ3v) is 1.79. The second kappa shape index (κ2) is 2.62. The van der Waals surface area contributed by atoms with Gasteiger partial charge in [0.05, 0.1) is 0 Å². The van der Waals surface area contributed by atoms with Gasteiger partial charge in [-0.05, 0) is 31.8 Å². The normalized spacial score (nSPS) is 21.1. The first kappa shape index (κ1) is 8.77. The van der Waals surface area contributed by atoms with E-state index in [9.17, 15) is 0 Å². The van der Waals surface area contributed by atoms with Crippen LogP contribution in [0.25, 0.3) is 0 Å². The Hall–Kier alpha value is -0.320. The predicted octanol–water partition coefficient (Wildman–Crippen LogP) is 3.30. The molecule has 0 saturated heterocycles. The highest BCUT2D eigenvalue weighted by molar-refractivity contribution is 9.10. The highest BCUT2D eigenvalue weighted by atomic mass is 79.9. The largest absolute Gasteiger partial charge is 0.249 e. The fourth-order valence-corrected chi connectivity index (χ4v) is 1.93. The molecule has 4 nitrogen and oxygen atoms in total. The number of halogens is 1. The minimum atomic E-state index is -0.592. The highest BCUT2D eigenvalue weighted by Gasteiger charge is 2.34. The highest BCUT2D eigenvalue weighted by Crippen LogP contribution is 2.38. The van der Waals surface area contributed by atoms with Gasteiger partial charge in [-0.1, -0.05) is 20.8 Å². The van der Waals surface area contributed by atoms with Crippen LogP contribution in [0.2, 0.25) is 0 Å². The zero-order valence-electron chi connectivity index (χ0n) is 6.87. The molecule has 0 aliphatic carbocycles. The summed E-state index contributed by atoms with van der Waals surface area (Å²) in [5.41, 5.74) is 0.172. The van der Waals surface area contributed by atoms with E-state index >= 15 is 0 Å². The first-order valence-corrected chi connectivity index (χ1v) is 4.24. The van der Waals surface area contributed by atoms with Gasteiger partial charge >= 0.3 is 0 Å². The zero-order valence-corrected chi connectivity index (χ0v) is 8.46. The van der Waals surface area contributed by atoms with Gasteiger partial charge in [0, 0.05) is 6.42 Å². The van der Waals surface area contributed by atoms with Gasteiger partial charge in [0.1, 0.15) is 0 Å². The summed E-state index contributed by atoms with van der Waals surface area (Å²) in [6.07, 6.45) is 0.799. The molecule has 1 aliphatic rings. The Balaban J connectivity index is 2.62. The lowest BCUT2D eigenvalue weighted by atomic mass is 9.91. The second-order valence-electron chi connectivity index (χ2n) is 3.84. The smallest absolute Gasteiger partial charge is 0.123 e. The van der Waals surface area contributed by atoms with Crippen molar-refractivity contribution in [2.45, 2.75) is 31.8 Å². The van der Waals surface area contributed by atoms with Gasteiger partial charge in [-0.3, -0.25) is 0 Å². The van der Waals surface area contributed by atoms with E-state index in [-0.39, 0.29) is 5.41 Å². The number of alkyl halides is 1. The lowest BCUT2D eigenvalue weighted by Crippen LogP contribution is -2.21. The average molecular weight is 219 g/mol. The maximum Gasteiger partial charge on any atom is 0.249 e. The maximum atomic E-state index is 3.86. The Kier molecular flexibility index (Phi) is 2.09. The maximum absolute atomic E-state index is 3.86. The third kappa shape index (κ3) is 2.65.